The molecule has 1 aliphatic rings. The number of carbonyl (C=O) groups excluding carboxylic acids is 1. The minimum Gasteiger partial charge on any atom is -0.289 e. The van der Waals surface area contributed by atoms with Crippen molar-refractivity contribution in [2.24, 2.45) is 0 Å². The summed E-state index contributed by atoms with van der Waals surface area (Å²) in [4.78, 5) is 12.7. The second-order valence-corrected chi connectivity index (χ2v) is 6.74. The van der Waals surface area contributed by atoms with Gasteiger partial charge in [0.15, 0.2) is 5.78 Å². The van der Waals surface area contributed by atoms with Crippen molar-refractivity contribution in [3.8, 4) is 0 Å². The molecule has 0 aromatic heterocycles. The van der Waals surface area contributed by atoms with E-state index < -0.39 is 0 Å². The third-order valence-corrected chi connectivity index (χ3v) is 5.50. The van der Waals surface area contributed by atoms with Crippen molar-refractivity contribution in [1.29, 1.82) is 0 Å². The maximum Gasteiger partial charge on any atom is 0.193 e. The van der Waals surface area contributed by atoms with Crippen LogP contribution >= 0.6 is 34.2 Å². The molecule has 0 atom stereocenters. The first kappa shape index (κ1) is 14.1. The van der Waals surface area contributed by atoms with Crippen molar-refractivity contribution in [1.82, 2.24) is 0 Å². The molecule has 20 heavy (non-hydrogen) atoms. The van der Waals surface area contributed by atoms with E-state index in [9.17, 15) is 4.79 Å². The Bertz CT molecular complexity index is 662. The van der Waals surface area contributed by atoms with Crippen LogP contribution in [0.15, 0.2) is 42.5 Å². The largest absolute Gasteiger partial charge is 0.289 e. The van der Waals surface area contributed by atoms with Crippen LogP contribution in [0.25, 0.3) is 0 Å². The fourth-order valence-corrected chi connectivity index (χ4v) is 3.09. The molecule has 3 rings (SSSR count). The second-order valence-electron chi connectivity index (χ2n) is 5.17. The molecule has 0 saturated heterocycles. The zero-order valence-corrected chi connectivity index (χ0v) is 13.8. The standard InChI is InChI=1S/C17H14ClIO/c18-15-10-12(8-9-16(15)19)17(20)14-7-2-1-6-13(14)11-4-3-5-11/h1-2,6-11H,3-5H2. The molecule has 2 aromatic carbocycles. The Labute approximate surface area is 137 Å². The van der Waals surface area contributed by atoms with Crippen molar-refractivity contribution in [3.05, 3.63) is 67.7 Å². The van der Waals surface area contributed by atoms with Crippen LogP contribution < -0.4 is 0 Å². The Kier molecular flexibility index (Phi) is 4.13. The lowest BCUT2D eigenvalue weighted by Crippen LogP contribution is -2.14. The molecule has 1 nitrogen and oxygen atoms in total. The van der Waals surface area contributed by atoms with Crippen molar-refractivity contribution < 1.29 is 4.79 Å². The van der Waals surface area contributed by atoms with Gasteiger partial charge in [0, 0.05) is 14.7 Å². The van der Waals surface area contributed by atoms with Gasteiger partial charge in [0.2, 0.25) is 0 Å². The summed E-state index contributed by atoms with van der Waals surface area (Å²) in [6, 6.07) is 13.5. The fourth-order valence-electron chi connectivity index (χ4n) is 2.57. The van der Waals surface area contributed by atoms with Gasteiger partial charge in [0.25, 0.3) is 0 Å². The molecule has 0 amide bonds. The van der Waals surface area contributed by atoms with Crippen LogP contribution in [-0.2, 0) is 0 Å². The van der Waals surface area contributed by atoms with E-state index in [1.165, 1.54) is 24.8 Å². The predicted molar refractivity (Wildman–Crippen MR) is 90.6 cm³/mol. The lowest BCUT2D eigenvalue weighted by Gasteiger charge is -2.27. The van der Waals surface area contributed by atoms with Crippen molar-refractivity contribution in [2.45, 2.75) is 25.2 Å². The van der Waals surface area contributed by atoms with Crippen LogP contribution in [0.3, 0.4) is 0 Å². The molecular formula is C17H14ClIO. The first-order valence-corrected chi connectivity index (χ1v) is 8.21. The summed E-state index contributed by atoms with van der Waals surface area (Å²) >= 11 is 8.29. The Morgan fingerprint density at radius 2 is 1.90 bits per heavy atom. The van der Waals surface area contributed by atoms with E-state index in [2.05, 4.69) is 28.7 Å². The topological polar surface area (TPSA) is 17.1 Å². The zero-order valence-electron chi connectivity index (χ0n) is 10.9. The fraction of sp³-hybridized carbons (Fsp3) is 0.235. The van der Waals surface area contributed by atoms with Crippen LogP contribution in [-0.4, -0.2) is 5.78 Å². The monoisotopic (exact) mass is 396 g/mol. The SMILES string of the molecule is O=C(c1ccc(I)c(Cl)c1)c1ccccc1C1CCC1. The molecule has 0 heterocycles. The van der Waals surface area contributed by atoms with E-state index in [0.717, 1.165) is 9.13 Å². The Morgan fingerprint density at radius 3 is 2.55 bits per heavy atom. The number of halogens is 2. The number of hydrogen-bond donors (Lipinski definition) is 0. The third kappa shape index (κ3) is 2.63. The van der Waals surface area contributed by atoms with Gasteiger partial charge in [-0.15, -0.1) is 0 Å². The lowest BCUT2D eigenvalue weighted by molar-refractivity contribution is 0.103. The molecule has 0 aliphatic heterocycles. The number of benzene rings is 2. The molecule has 0 radical (unpaired) electrons. The van der Waals surface area contributed by atoms with Gasteiger partial charge in [-0.2, -0.15) is 0 Å². The minimum absolute atomic E-state index is 0.0748. The average molecular weight is 397 g/mol. The predicted octanol–water partition coefficient (Wildman–Crippen LogP) is 5.44. The minimum atomic E-state index is 0.0748. The zero-order chi connectivity index (χ0) is 14.1. The third-order valence-electron chi connectivity index (χ3n) is 3.93. The van der Waals surface area contributed by atoms with Crippen molar-refractivity contribution in [2.75, 3.05) is 0 Å². The summed E-state index contributed by atoms with van der Waals surface area (Å²) in [5.41, 5.74) is 2.69. The number of hydrogen-bond acceptors (Lipinski definition) is 1. The Hall–Kier alpha value is -0.870. The van der Waals surface area contributed by atoms with Gasteiger partial charge >= 0.3 is 0 Å². The van der Waals surface area contributed by atoms with Gasteiger partial charge < -0.3 is 0 Å². The number of carbonyl (C=O) groups is 1. The highest BCUT2D eigenvalue weighted by atomic mass is 127. The van der Waals surface area contributed by atoms with Gasteiger partial charge in [0.1, 0.15) is 0 Å². The van der Waals surface area contributed by atoms with Gasteiger partial charge in [-0.3, -0.25) is 4.79 Å². The van der Waals surface area contributed by atoms with Crippen LogP contribution in [0.2, 0.25) is 5.02 Å². The first-order chi connectivity index (χ1) is 9.66. The van der Waals surface area contributed by atoms with E-state index in [0.29, 0.717) is 16.5 Å². The second kappa shape index (κ2) is 5.86. The summed E-state index contributed by atoms with van der Waals surface area (Å²) in [5, 5.41) is 0.637. The lowest BCUT2D eigenvalue weighted by atomic mass is 9.77. The molecule has 0 spiro atoms. The summed E-state index contributed by atoms with van der Waals surface area (Å²) in [6.45, 7) is 0. The summed E-state index contributed by atoms with van der Waals surface area (Å²) in [7, 11) is 0. The number of ketones is 1. The van der Waals surface area contributed by atoms with E-state index in [1.807, 2.05) is 30.3 Å². The van der Waals surface area contributed by atoms with E-state index >= 15 is 0 Å². The summed E-state index contributed by atoms with van der Waals surface area (Å²) in [5.74, 6) is 0.625. The maximum absolute atomic E-state index is 12.7. The maximum atomic E-state index is 12.7. The quantitative estimate of drug-likeness (QED) is 0.498. The molecule has 1 aliphatic carbocycles. The van der Waals surface area contributed by atoms with Crippen molar-refractivity contribution in [3.63, 3.8) is 0 Å². The number of rotatable bonds is 3. The molecular weight excluding hydrogens is 383 g/mol. The smallest absolute Gasteiger partial charge is 0.193 e. The van der Waals surface area contributed by atoms with E-state index in [4.69, 9.17) is 11.6 Å². The average Bonchev–Trinajstić information content (AvgIpc) is 2.40. The highest BCUT2D eigenvalue weighted by molar-refractivity contribution is 14.1. The molecule has 1 fully saturated rings. The van der Waals surface area contributed by atoms with Crippen LogP contribution in [0.4, 0.5) is 0 Å². The Balaban J connectivity index is 1.99. The normalized spacial score (nSPS) is 14.9. The molecule has 3 heteroatoms. The molecule has 0 N–H and O–H groups in total. The van der Waals surface area contributed by atoms with Crippen LogP contribution in [0, 0.1) is 3.57 Å². The summed E-state index contributed by atoms with van der Waals surface area (Å²) in [6.07, 6.45) is 3.65. The van der Waals surface area contributed by atoms with E-state index in [-0.39, 0.29) is 5.78 Å². The summed E-state index contributed by atoms with van der Waals surface area (Å²) < 4.78 is 0.966. The molecule has 0 unspecified atom stereocenters. The first-order valence-electron chi connectivity index (χ1n) is 6.75. The van der Waals surface area contributed by atoms with Crippen LogP contribution in [0.1, 0.15) is 46.7 Å². The molecule has 2 aromatic rings. The Morgan fingerprint density at radius 1 is 1.15 bits per heavy atom. The van der Waals surface area contributed by atoms with Crippen molar-refractivity contribution >= 4 is 40.0 Å². The highest BCUT2D eigenvalue weighted by Gasteiger charge is 2.24. The molecule has 102 valence electrons. The highest BCUT2D eigenvalue weighted by Crippen LogP contribution is 2.38. The van der Waals surface area contributed by atoms with Gasteiger partial charge in [-0.05, 0) is 65.1 Å². The van der Waals surface area contributed by atoms with Crippen LogP contribution in [0.5, 0.6) is 0 Å². The van der Waals surface area contributed by atoms with Gasteiger partial charge in [-0.1, -0.05) is 42.3 Å². The van der Waals surface area contributed by atoms with Gasteiger partial charge in [0.05, 0.1) is 5.02 Å². The molecule has 0 bridgehead atoms. The molecule has 1 saturated carbocycles. The van der Waals surface area contributed by atoms with Gasteiger partial charge in [-0.25, -0.2) is 0 Å². The van der Waals surface area contributed by atoms with E-state index in [1.54, 1.807) is 6.07 Å².